The van der Waals surface area contributed by atoms with Crippen LogP contribution in [0.5, 0.6) is 0 Å². The second-order valence-corrected chi connectivity index (χ2v) is 5.08. The number of hydrogen-bond acceptors (Lipinski definition) is 3. The van der Waals surface area contributed by atoms with E-state index in [1.807, 2.05) is 29.3 Å². The molecule has 1 aliphatic rings. The van der Waals surface area contributed by atoms with Crippen LogP contribution in [0.25, 0.3) is 0 Å². The van der Waals surface area contributed by atoms with Gasteiger partial charge in [0.25, 0.3) is 0 Å². The van der Waals surface area contributed by atoms with Crippen molar-refractivity contribution < 1.29 is 4.79 Å². The molecule has 4 nitrogen and oxygen atoms in total. The van der Waals surface area contributed by atoms with Gasteiger partial charge < -0.3 is 5.73 Å². The van der Waals surface area contributed by atoms with Gasteiger partial charge in [0.15, 0.2) is 0 Å². The zero-order valence-electron chi connectivity index (χ0n) is 10.9. The third-order valence-corrected chi connectivity index (χ3v) is 4.20. The number of hydrazine groups is 1. The number of carbonyl (C=O) groups excluding carboxylic acids is 1. The average molecular weight is 247 g/mol. The number of primary amides is 1. The quantitative estimate of drug-likeness (QED) is 0.793. The molecule has 1 saturated heterocycles. The van der Waals surface area contributed by atoms with Crippen molar-refractivity contribution in [2.45, 2.75) is 31.6 Å². The van der Waals surface area contributed by atoms with Gasteiger partial charge in [0.05, 0.1) is 0 Å². The number of benzene rings is 1. The molecule has 0 bridgehead atoms. The Morgan fingerprint density at radius 3 is 2.50 bits per heavy atom. The minimum absolute atomic E-state index is 0.0431. The molecule has 18 heavy (non-hydrogen) atoms. The van der Waals surface area contributed by atoms with E-state index < -0.39 is 0 Å². The third-order valence-electron chi connectivity index (χ3n) is 4.20. The van der Waals surface area contributed by atoms with E-state index in [9.17, 15) is 4.79 Å². The number of nitrogens with zero attached hydrogens (tertiary/aromatic N) is 1. The van der Waals surface area contributed by atoms with Gasteiger partial charge in [-0.2, -0.15) is 0 Å². The molecule has 0 aromatic heterocycles. The standard InChI is InChI=1S/C14H21N3O/c1-2-14(7-9-17(16)10-8-14)12-6-4-3-5-11(12)13(15)18/h3-6H,2,7-10,16H2,1H3,(H2,15,18). The lowest BCUT2D eigenvalue weighted by atomic mass is 9.69. The largest absolute Gasteiger partial charge is 0.366 e. The van der Waals surface area contributed by atoms with Crippen molar-refractivity contribution in [1.29, 1.82) is 0 Å². The number of hydrogen-bond donors (Lipinski definition) is 2. The summed E-state index contributed by atoms with van der Waals surface area (Å²) >= 11 is 0. The van der Waals surface area contributed by atoms with E-state index >= 15 is 0 Å². The average Bonchev–Trinajstić information content (AvgIpc) is 2.40. The zero-order chi connectivity index (χ0) is 13.2. The maximum absolute atomic E-state index is 11.6. The van der Waals surface area contributed by atoms with E-state index in [4.69, 9.17) is 11.6 Å². The molecule has 0 atom stereocenters. The molecule has 1 aliphatic heterocycles. The Bertz CT molecular complexity index is 436. The molecular formula is C14H21N3O. The molecule has 0 saturated carbocycles. The molecular weight excluding hydrogens is 226 g/mol. The second kappa shape index (κ2) is 5.08. The third kappa shape index (κ3) is 2.26. The highest BCUT2D eigenvalue weighted by Crippen LogP contribution is 2.39. The molecule has 1 fully saturated rings. The smallest absolute Gasteiger partial charge is 0.248 e. The van der Waals surface area contributed by atoms with Crippen LogP contribution < -0.4 is 11.6 Å². The summed E-state index contributed by atoms with van der Waals surface area (Å²) in [5, 5.41) is 1.85. The van der Waals surface area contributed by atoms with Crippen molar-refractivity contribution in [1.82, 2.24) is 5.01 Å². The van der Waals surface area contributed by atoms with E-state index in [1.165, 1.54) is 0 Å². The first-order valence-corrected chi connectivity index (χ1v) is 6.48. The fourth-order valence-electron chi connectivity index (χ4n) is 2.93. The Labute approximate surface area is 108 Å². The lowest BCUT2D eigenvalue weighted by molar-refractivity contribution is 0.0993. The predicted molar refractivity (Wildman–Crippen MR) is 71.9 cm³/mol. The van der Waals surface area contributed by atoms with E-state index in [0.717, 1.165) is 37.9 Å². The van der Waals surface area contributed by atoms with Gasteiger partial charge in [0.1, 0.15) is 0 Å². The first-order valence-electron chi connectivity index (χ1n) is 6.48. The lowest BCUT2D eigenvalue weighted by Gasteiger charge is -2.41. The summed E-state index contributed by atoms with van der Waals surface area (Å²) in [4.78, 5) is 11.6. The minimum Gasteiger partial charge on any atom is -0.366 e. The first-order chi connectivity index (χ1) is 8.59. The maximum Gasteiger partial charge on any atom is 0.248 e. The van der Waals surface area contributed by atoms with Crippen molar-refractivity contribution >= 4 is 5.91 Å². The Morgan fingerprint density at radius 2 is 1.94 bits per heavy atom. The summed E-state index contributed by atoms with van der Waals surface area (Å²) in [6, 6.07) is 7.71. The summed E-state index contributed by atoms with van der Waals surface area (Å²) < 4.78 is 0. The number of nitrogens with two attached hydrogens (primary N) is 2. The van der Waals surface area contributed by atoms with Crippen molar-refractivity contribution in [3.63, 3.8) is 0 Å². The molecule has 0 spiro atoms. The summed E-state index contributed by atoms with van der Waals surface area (Å²) in [6.45, 7) is 3.89. The molecule has 98 valence electrons. The number of carbonyl (C=O) groups is 1. The second-order valence-electron chi connectivity index (χ2n) is 5.08. The molecule has 1 aromatic carbocycles. The molecule has 1 amide bonds. The van der Waals surface area contributed by atoms with Gasteiger partial charge in [0, 0.05) is 18.7 Å². The van der Waals surface area contributed by atoms with E-state index in [2.05, 4.69) is 6.92 Å². The highest BCUT2D eigenvalue weighted by molar-refractivity contribution is 5.94. The fraction of sp³-hybridized carbons (Fsp3) is 0.500. The van der Waals surface area contributed by atoms with Crippen LogP contribution in [-0.2, 0) is 5.41 Å². The van der Waals surface area contributed by atoms with Crippen LogP contribution >= 0.6 is 0 Å². The highest BCUT2D eigenvalue weighted by Gasteiger charge is 2.36. The number of piperidine rings is 1. The highest BCUT2D eigenvalue weighted by atomic mass is 16.1. The monoisotopic (exact) mass is 247 g/mol. The van der Waals surface area contributed by atoms with Crippen molar-refractivity contribution in [2.75, 3.05) is 13.1 Å². The van der Waals surface area contributed by atoms with Crippen LogP contribution in [0.4, 0.5) is 0 Å². The van der Waals surface area contributed by atoms with E-state index in [-0.39, 0.29) is 11.3 Å². The molecule has 1 aromatic rings. The first kappa shape index (κ1) is 13.1. The van der Waals surface area contributed by atoms with Crippen molar-refractivity contribution in [3.8, 4) is 0 Å². The summed E-state index contributed by atoms with van der Waals surface area (Å²) in [5.41, 5.74) is 7.28. The molecule has 0 aliphatic carbocycles. The Morgan fingerprint density at radius 1 is 1.33 bits per heavy atom. The van der Waals surface area contributed by atoms with Crippen LogP contribution in [-0.4, -0.2) is 24.0 Å². The van der Waals surface area contributed by atoms with Gasteiger partial charge >= 0.3 is 0 Å². The normalized spacial score (nSPS) is 19.7. The summed E-state index contributed by atoms with van der Waals surface area (Å²) in [7, 11) is 0. The van der Waals surface area contributed by atoms with Gasteiger partial charge in [-0.3, -0.25) is 10.6 Å². The van der Waals surface area contributed by atoms with Crippen LogP contribution in [0.3, 0.4) is 0 Å². The van der Waals surface area contributed by atoms with Gasteiger partial charge in [-0.15, -0.1) is 0 Å². The molecule has 2 rings (SSSR count). The maximum atomic E-state index is 11.6. The molecule has 0 unspecified atom stereocenters. The topological polar surface area (TPSA) is 72.4 Å². The molecule has 0 radical (unpaired) electrons. The minimum atomic E-state index is -0.339. The summed E-state index contributed by atoms with van der Waals surface area (Å²) in [5.74, 6) is 5.49. The lowest BCUT2D eigenvalue weighted by Crippen LogP contribution is -2.46. The van der Waals surface area contributed by atoms with Crippen LogP contribution in [0.1, 0.15) is 42.1 Å². The predicted octanol–water partition coefficient (Wildman–Crippen LogP) is 1.40. The number of amides is 1. The summed E-state index contributed by atoms with van der Waals surface area (Å²) in [6.07, 6.45) is 2.96. The molecule has 4 heteroatoms. The Hall–Kier alpha value is -1.39. The van der Waals surface area contributed by atoms with Gasteiger partial charge in [-0.05, 0) is 36.3 Å². The zero-order valence-corrected chi connectivity index (χ0v) is 10.9. The van der Waals surface area contributed by atoms with Crippen LogP contribution in [0.15, 0.2) is 24.3 Å². The van der Waals surface area contributed by atoms with Gasteiger partial charge in [0.2, 0.25) is 5.91 Å². The van der Waals surface area contributed by atoms with E-state index in [1.54, 1.807) is 0 Å². The van der Waals surface area contributed by atoms with Crippen molar-refractivity contribution in [2.24, 2.45) is 11.6 Å². The number of rotatable bonds is 3. The Kier molecular flexibility index (Phi) is 3.68. The molecule has 4 N–H and O–H groups in total. The molecule has 1 heterocycles. The van der Waals surface area contributed by atoms with E-state index in [0.29, 0.717) is 5.56 Å². The SMILES string of the molecule is CCC1(c2ccccc2C(N)=O)CCN(N)CC1. The van der Waals surface area contributed by atoms with Gasteiger partial charge in [-0.1, -0.05) is 25.1 Å². The Balaban J connectivity index is 2.41. The fourth-order valence-corrected chi connectivity index (χ4v) is 2.93. The van der Waals surface area contributed by atoms with Crippen LogP contribution in [0, 0.1) is 0 Å². The van der Waals surface area contributed by atoms with Crippen LogP contribution in [0.2, 0.25) is 0 Å². The van der Waals surface area contributed by atoms with Gasteiger partial charge in [-0.25, -0.2) is 5.01 Å². The van der Waals surface area contributed by atoms with Crippen molar-refractivity contribution in [3.05, 3.63) is 35.4 Å².